The Hall–Kier alpha value is -0.980. The van der Waals surface area contributed by atoms with Crippen LogP contribution in [0.4, 0.5) is 0 Å². The van der Waals surface area contributed by atoms with Gasteiger partial charge in [-0.1, -0.05) is 5.21 Å². The Bertz CT molecular complexity index is 322. The fourth-order valence-electron chi connectivity index (χ4n) is 1.43. The van der Waals surface area contributed by atoms with Crippen molar-refractivity contribution in [3.8, 4) is 0 Å². The highest BCUT2D eigenvalue weighted by molar-refractivity contribution is 4.94. The van der Waals surface area contributed by atoms with Crippen molar-refractivity contribution in [2.75, 3.05) is 19.8 Å². The topological polar surface area (TPSA) is 58.4 Å². The lowest BCUT2D eigenvalue weighted by molar-refractivity contribution is -0.142. The van der Waals surface area contributed by atoms with Gasteiger partial charge in [0.25, 0.3) is 0 Å². The van der Waals surface area contributed by atoms with E-state index >= 15 is 0 Å². The van der Waals surface area contributed by atoms with Crippen LogP contribution in [0.15, 0.2) is 6.20 Å². The molecule has 0 aliphatic heterocycles. The molecule has 0 saturated heterocycles. The first kappa shape index (κ1) is 15.1. The van der Waals surface area contributed by atoms with Crippen molar-refractivity contribution < 1.29 is 14.2 Å². The van der Waals surface area contributed by atoms with Gasteiger partial charge in [-0.3, -0.25) is 0 Å². The van der Waals surface area contributed by atoms with E-state index in [1.165, 1.54) is 0 Å². The predicted molar refractivity (Wildman–Crippen MR) is 67.1 cm³/mol. The summed E-state index contributed by atoms with van der Waals surface area (Å²) in [6, 6.07) is 0. The van der Waals surface area contributed by atoms with Crippen molar-refractivity contribution in [3.05, 3.63) is 11.9 Å². The maximum Gasteiger partial charge on any atom is 0.204 e. The van der Waals surface area contributed by atoms with Crippen molar-refractivity contribution in [2.24, 2.45) is 0 Å². The van der Waals surface area contributed by atoms with Crippen LogP contribution in [0.3, 0.4) is 0 Å². The van der Waals surface area contributed by atoms with Gasteiger partial charge in [-0.15, -0.1) is 5.10 Å². The van der Waals surface area contributed by atoms with Crippen LogP contribution in [0, 0.1) is 0 Å². The first-order chi connectivity index (χ1) is 8.67. The van der Waals surface area contributed by atoms with Crippen LogP contribution < -0.4 is 0 Å². The molecule has 0 fully saturated rings. The third-order valence-corrected chi connectivity index (χ3v) is 2.21. The number of aromatic nitrogens is 3. The lowest BCUT2D eigenvalue weighted by Gasteiger charge is -2.13. The standard InChI is InChI=1S/C12H23N3O3/c1-5-16-12(17-6-2)11-9-15(14-13-11)7-8-18-10(3)4/h9-10,12H,5-8H2,1-4H3. The molecule has 0 spiro atoms. The molecule has 1 rings (SSSR count). The average molecular weight is 257 g/mol. The summed E-state index contributed by atoms with van der Waals surface area (Å²) >= 11 is 0. The molecule has 0 unspecified atom stereocenters. The molecule has 104 valence electrons. The van der Waals surface area contributed by atoms with Gasteiger partial charge in [0.1, 0.15) is 5.69 Å². The summed E-state index contributed by atoms with van der Waals surface area (Å²) in [5.74, 6) is 0. The van der Waals surface area contributed by atoms with E-state index in [1.54, 1.807) is 4.68 Å². The first-order valence-electron chi connectivity index (χ1n) is 6.42. The minimum atomic E-state index is -0.431. The highest BCUT2D eigenvalue weighted by Gasteiger charge is 2.15. The van der Waals surface area contributed by atoms with Gasteiger partial charge in [-0.2, -0.15) is 0 Å². The van der Waals surface area contributed by atoms with Gasteiger partial charge in [0.15, 0.2) is 0 Å². The van der Waals surface area contributed by atoms with E-state index in [0.717, 1.165) is 0 Å². The molecule has 1 aromatic heterocycles. The molecule has 0 aromatic carbocycles. The summed E-state index contributed by atoms with van der Waals surface area (Å²) in [4.78, 5) is 0. The lowest BCUT2D eigenvalue weighted by Crippen LogP contribution is -2.11. The van der Waals surface area contributed by atoms with Gasteiger partial charge in [0, 0.05) is 13.2 Å². The minimum Gasteiger partial charge on any atom is -0.377 e. The lowest BCUT2D eigenvalue weighted by atomic mass is 10.4. The first-order valence-corrected chi connectivity index (χ1v) is 6.42. The summed E-state index contributed by atoms with van der Waals surface area (Å²) in [6.45, 7) is 10.3. The van der Waals surface area contributed by atoms with Gasteiger partial charge >= 0.3 is 0 Å². The average Bonchev–Trinajstić information content (AvgIpc) is 2.77. The van der Waals surface area contributed by atoms with Crippen molar-refractivity contribution in [1.82, 2.24) is 15.0 Å². The molecule has 0 atom stereocenters. The number of hydrogen-bond acceptors (Lipinski definition) is 5. The van der Waals surface area contributed by atoms with Crippen LogP contribution in [0.5, 0.6) is 0 Å². The maximum absolute atomic E-state index is 5.46. The number of nitrogens with zero attached hydrogens (tertiary/aromatic N) is 3. The van der Waals surface area contributed by atoms with Crippen molar-refractivity contribution in [3.63, 3.8) is 0 Å². The largest absolute Gasteiger partial charge is 0.377 e. The molecule has 6 nitrogen and oxygen atoms in total. The molecule has 0 radical (unpaired) electrons. The van der Waals surface area contributed by atoms with E-state index in [0.29, 0.717) is 32.1 Å². The quantitative estimate of drug-likeness (QED) is 0.631. The van der Waals surface area contributed by atoms with Crippen LogP contribution in [0.1, 0.15) is 39.7 Å². The van der Waals surface area contributed by atoms with Gasteiger partial charge in [0.05, 0.1) is 25.5 Å². The third-order valence-electron chi connectivity index (χ3n) is 2.21. The summed E-state index contributed by atoms with van der Waals surface area (Å²) in [5, 5.41) is 8.08. The van der Waals surface area contributed by atoms with Gasteiger partial charge in [-0.25, -0.2) is 4.68 Å². The minimum absolute atomic E-state index is 0.229. The summed E-state index contributed by atoms with van der Waals surface area (Å²) in [7, 11) is 0. The Morgan fingerprint density at radius 3 is 2.39 bits per heavy atom. The zero-order valence-electron chi connectivity index (χ0n) is 11.6. The fraction of sp³-hybridized carbons (Fsp3) is 0.833. The van der Waals surface area contributed by atoms with Crippen molar-refractivity contribution in [1.29, 1.82) is 0 Å². The van der Waals surface area contributed by atoms with Crippen LogP contribution in [-0.2, 0) is 20.8 Å². The smallest absolute Gasteiger partial charge is 0.204 e. The number of rotatable bonds is 9. The highest BCUT2D eigenvalue weighted by Crippen LogP contribution is 2.15. The maximum atomic E-state index is 5.46. The Balaban J connectivity index is 2.49. The molecule has 0 N–H and O–H groups in total. The molecular weight excluding hydrogens is 234 g/mol. The van der Waals surface area contributed by atoms with Gasteiger partial charge in [0.2, 0.25) is 6.29 Å². The number of hydrogen-bond donors (Lipinski definition) is 0. The normalized spacial score (nSPS) is 11.7. The summed E-state index contributed by atoms with van der Waals surface area (Å²) in [5.41, 5.74) is 0.697. The Morgan fingerprint density at radius 1 is 1.17 bits per heavy atom. The monoisotopic (exact) mass is 257 g/mol. The van der Waals surface area contributed by atoms with E-state index in [1.807, 2.05) is 33.9 Å². The molecule has 0 aliphatic rings. The van der Waals surface area contributed by atoms with Crippen molar-refractivity contribution >= 4 is 0 Å². The van der Waals surface area contributed by atoms with Crippen LogP contribution in [-0.4, -0.2) is 40.9 Å². The van der Waals surface area contributed by atoms with Crippen LogP contribution in [0.25, 0.3) is 0 Å². The SMILES string of the molecule is CCOC(OCC)c1cn(CCOC(C)C)nn1. The second-order valence-corrected chi connectivity index (χ2v) is 4.07. The predicted octanol–water partition coefficient (Wildman–Crippen LogP) is 1.77. The molecule has 18 heavy (non-hydrogen) atoms. The molecule has 0 aliphatic carbocycles. The molecular formula is C12H23N3O3. The molecule has 1 heterocycles. The molecule has 0 bridgehead atoms. The van der Waals surface area contributed by atoms with Crippen molar-refractivity contribution in [2.45, 2.75) is 46.6 Å². The van der Waals surface area contributed by atoms with E-state index in [-0.39, 0.29) is 6.10 Å². The highest BCUT2D eigenvalue weighted by atomic mass is 16.7. The Morgan fingerprint density at radius 2 is 1.83 bits per heavy atom. The molecule has 0 saturated carbocycles. The van der Waals surface area contributed by atoms with E-state index < -0.39 is 6.29 Å². The van der Waals surface area contributed by atoms with E-state index in [9.17, 15) is 0 Å². The van der Waals surface area contributed by atoms with E-state index in [2.05, 4.69) is 10.3 Å². The summed E-state index contributed by atoms with van der Waals surface area (Å²) < 4.78 is 18.1. The van der Waals surface area contributed by atoms with Crippen LogP contribution in [0.2, 0.25) is 0 Å². The second-order valence-electron chi connectivity index (χ2n) is 4.07. The number of ether oxygens (including phenoxy) is 3. The fourth-order valence-corrected chi connectivity index (χ4v) is 1.43. The summed E-state index contributed by atoms with van der Waals surface area (Å²) in [6.07, 6.45) is 1.63. The Labute approximate surface area is 108 Å². The zero-order valence-corrected chi connectivity index (χ0v) is 11.6. The van der Waals surface area contributed by atoms with Crippen LogP contribution >= 0.6 is 0 Å². The molecule has 1 aromatic rings. The Kier molecular flexibility index (Phi) is 6.85. The van der Waals surface area contributed by atoms with Gasteiger partial charge < -0.3 is 14.2 Å². The van der Waals surface area contributed by atoms with Gasteiger partial charge in [-0.05, 0) is 27.7 Å². The molecule has 6 heteroatoms. The third kappa shape index (κ3) is 5.12. The molecule has 0 amide bonds. The van der Waals surface area contributed by atoms with E-state index in [4.69, 9.17) is 14.2 Å². The zero-order chi connectivity index (χ0) is 13.4. The second kappa shape index (κ2) is 8.18.